The van der Waals surface area contributed by atoms with Crippen LogP contribution in [0.2, 0.25) is 5.02 Å². The van der Waals surface area contributed by atoms with E-state index in [1.54, 1.807) is 6.92 Å². The molecule has 1 aromatic rings. The zero-order chi connectivity index (χ0) is 16.4. The second-order valence-electron chi connectivity index (χ2n) is 5.82. The maximum Gasteiger partial charge on any atom is 0.251 e. The molecule has 21 heavy (non-hydrogen) atoms. The number of primary sulfonamides is 1. The Morgan fingerprint density at radius 3 is 2.43 bits per heavy atom. The van der Waals surface area contributed by atoms with Gasteiger partial charge in [0.25, 0.3) is 5.91 Å². The van der Waals surface area contributed by atoms with Crippen molar-refractivity contribution in [3.8, 4) is 0 Å². The lowest BCUT2D eigenvalue weighted by atomic mass is 9.90. The molecule has 0 heterocycles. The number of rotatable bonds is 5. The molecule has 7 heteroatoms. The van der Waals surface area contributed by atoms with Crippen LogP contribution in [-0.2, 0) is 10.0 Å². The molecule has 0 aliphatic rings. The molecule has 0 aliphatic heterocycles. The zero-order valence-electron chi connectivity index (χ0n) is 12.7. The van der Waals surface area contributed by atoms with Crippen LogP contribution in [0.5, 0.6) is 0 Å². The van der Waals surface area contributed by atoms with E-state index < -0.39 is 10.0 Å². The van der Waals surface area contributed by atoms with Crippen LogP contribution in [0.15, 0.2) is 17.0 Å². The highest BCUT2D eigenvalue weighted by atomic mass is 35.5. The molecule has 1 rings (SSSR count). The first-order chi connectivity index (χ1) is 9.48. The summed E-state index contributed by atoms with van der Waals surface area (Å²) in [6.45, 7) is 8.26. The molecule has 0 saturated carbocycles. The van der Waals surface area contributed by atoms with Gasteiger partial charge in [0.05, 0.1) is 4.90 Å². The summed E-state index contributed by atoms with van der Waals surface area (Å²) in [5.74, 6) is -0.360. The Bertz CT molecular complexity index is 654. The molecule has 1 amide bonds. The van der Waals surface area contributed by atoms with Gasteiger partial charge in [-0.2, -0.15) is 0 Å². The number of nitrogens with two attached hydrogens (primary N) is 1. The van der Waals surface area contributed by atoms with Gasteiger partial charge in [0.2, 0.25) is 10.0 Å². The summed E-state index contributed by atoms with van der Waals surface area (Å²) in [5.41, 5.74) is 0.708. The molecule has 1 aromatic carbocycles. The summed E-state index contributed by atoms with van der Waals surface area (Å²) in [4.78, 5) is 12.1. The van der Waals surface area contributed by atoms with Crippen LogP contribution in [0.3, 0.4) is 0 Å². The van der Waals surface area contributed by atoms with Gasteiger partial charge in [-0.15, -0.1) is 0 Å². The molecule has 0 spiro atoms. The van der Waals surface area contributed by atoms with Gasteiger partial charge in [-0.1, -0.05) is 32.4 Å². The fourth-order valence-electron chi connectivity index (χ4n) is 1.59. The Morgan fingerprint density at radius 2 is 1.95 bits per heavy atom. The van der Waals surface area contributed by atoms with E-state index >= 15 is 0 Å². The Morgan fingerprint density at radius 1 is 1.38 bits per heavy atom. The predicted octanol–water partition coefficient (Wildman–Crippen LogP) is 2.46. The van der Waals surface area contributed by atoms with Crippen molar-refractivity contribution >= 4 is 27.5 Å². The van der Waals surface area contributed by atoms with E-state index in [1.165, 1.54) is 12.1 Å². The third-order valence-corrected chi connectivity index (χ3v) is 4.86. The maximum absolute atomic E-state index is 12.3. The highest BCUT2D eigenvalue weighted by molar-refractivity contribution is 7.89. The monoisotopic (exact) mass is 332 g/mol. The topological polar surface area (TPSA) is 89.3 Å². The van der Waals surface area contributed by atoms with Gasteiger partial charge < -0.3 is 5.32 Å². The van der Waals surface area contributed by atoms with Crippen LogP contribution in [0.4, 0.5) is 0 Å². The van der Waals surface area contributed by atoms with E-state index in [-0.39, 0.29) is 26.8 Å². The normalized spacial score (nSPS) is 12.3. The summed E-state index contributed by atoms with van der Waals surface area (Å²) in [5, 5.41) is 8.09. The van der Waals surface area contributed by atoms with Crippen molar-refractivity contribution in [3.63, 3.8) is 0 Å². The van der Waals surface area contributed by atoms with Gasteiger partial charge in [0, 0.05) is 17.1 Å². The lowest BCUT2D eigenvalue weighted by Crippen LogP contribution is -2.34. The van der Waals surface area contributed by atoms with Crippen LogP contribution < -0.4 is 10.5 Å². The molecular weight excluding hydrogens is 312 g/mol. The average molecular weight is 333 g/mol. The number of benzene rings is 1. The summed E-state index contributed by atoms with van der Waals surface area (Å²) in [7, 11) is -3.91. The Balaban J connectivity index is 3.13. The first-order valence-corrected chi connectivity index (χ1v) is 8.51. The molecule has 0 atom stereocenters. The second-order valence-corrected chi connectivity index (χ2v) is 7.79. The van der Waals surface area contributed by atoms with Crippen molar-refractivity contribution < 1.29 is 13.2 Å². The van der Waals surface area contributed by atoms with Gasteiger partial charge in [0.1, 0.15) is 0 Å². The smallest absolute Gasteiger partial charge is 0.251 e. The molecule has 0 unspecified atom stereocenters. The molecule has 0 radical (unpaired) electrons. The molecule has 5 nitrogen and oxygen atoms in total. The van der Waals surface area contributed by atoms with E-state index in [0.29, 0.717) is 12.1 Å². The second kappa shape index (κ2) is 6.34. The van der Waals surface area contributed by atoms with Crippen molar-refractivity contribution in [2.24, 2.45) is 10.6 Å². The minimum absolute atomic E-state index is 0.0368. The lowest BCUT2D eigenvalue weighted by molar-refractivity contribution is 0.0935. The van der Waals surface area contributed by atoms with E-state index in [2.05, 4.69) is 5.32 Å². The molecule has 0 saturated heterocycles. The SMILES string of the molecule is CCC(C)(C)CNC(=O)c1cc(S(N)(=O)=O)cc(Cl)c1C. The van der Waals surface area contributed by atoms with Crippen molar-refractivity contribution in [3.05, 3.63) is 28.3 Å². The molecule has 0 aromatic heterocycles. The van der Waals surface area contributed by atoms with Crippen molar-refractivity contribution in [1.29, 1.82) is 0 Å². The van der Waals surface area contributed by atoms with Crippen molar-refractivity contribution in [1.82, 2.24) is 5.32 Å². The van der Waals surface area contributed by atoms with Crippen LogP contribution >= 0.6 is 11.6 Å². The Labute approximate surface area is 130 Å². The first-order valence-electron chi connectivity index (χ1n) is 6.59. The minimum atomic E-state index is -3.91. The minimum Gasteiger partial charge on any atom is -0.351 e. The fraction of sp³-hybridized carbons (Fsp3) is 0.500. The van der Waals surface area contributed by atoms with E-state index in [4.69, 9.17) is 16.7 Å². The largest absolute Gasteiger partial charge is 0.351 e. The summed E-state index contributed by atoms with van der Waals surface area (Å²) >= 11 is 5.99. The average Bonchev–Trinajstić information content (AvgIpc) is 2.38. The number of hydrogen-bond donors (Lipinski definition) is 2. The highest BCUT2D eigenvalue weighted by Crippen LogP contribution is 2.24. The number of carbonyl (C=O) groups is 1. The van der Waals surface area contributed by atoms with Gasteiger partial charge >= 0.3 is 0 Å². The Hall–Kier alpha value is -1.11. The number of hydrogen-bond acceptors (Lipinski definition) is 3. The Kier molecular flexibility index (Phi) is 5.41. The zero-order valence-corrected chi connectivity index (χ0v) is 14.2. The van der Waals surface area contributed by atoms with Crippen LogP contribution in [0.1, 0.15) is 43.1 Å². The van der Waals surface area contributed by atoms with E-state index in [0.717, 1.165) is 6.42 Å². The van der Waals surface area contributed by atoms with Gasteiger partial charge in [0.15, 0.2) is 0 Å². The van der Waals surface area contributed by atoms with Crippen LogP contribution in [0.25, 0.3) is 0 Å². The quantitative estimate of drug-likeness (QED) is 0.867. The molecule has 0 fully saturated rings. The van der Waals surface area contributed by atoms with Crippen LogP contribution in [-0.4, -0.2) is 20.9 Å². The summed E-state index contributed by atoms with van der Waals surface area (Å²) < 4.78 is 22.8. The van der Waals surface area contributed by atoms with Gasteiger partial charge in [-0.25, -0.2) is 13.6 Å². The first kappa shape index (κ1) is 17.9. The number of nitrogens with one attached hydrogen (secondary N) is 1. The lowest BCUT2D eigenvalue weighted by Gasteiger charge is -2.23. The van der Waals surface area contributed by atoms with E-state index in [9.17, 15) is 13.2 Å². The predicted molar refractivity (Wildman–Crippen MR) is 84.0 cm³/mol. The highest BCUT2D eigenvalue weighted by Gasteiger charge is 2.20. The summed E-state index contributed by atoms with van der Waals surface area (Å²) in [6, 6.07) is 2.50. The number of carbonyl (C=O) groups excluding carboxylic acids is 1. The summed E-state index contributed by atoms with van der Waals surface area (Å²) in [6.07, 6.45) is 0.907. The number of sulfonamides is 1. The molecular formula is C14H21ClN2O3S. The standard InChI is InChI=1S/C14H21ClN2O3S/c1-5-14(3,4)8-17-13(18)11-6-10(21(16,19)20)7-12(15)9(11)2/h6-7H,5,8H2,1-4H3,(H,17,18)(H2,16,19,20). The third kappa shape index (κ3) is 4.69. The molecule has 0 bridgehead atoms. The van der Waals surface area contributed by atoms with Gasteiger partial charge in [-0.3, -0.25) is 4.79 Å². The molecule has 118 valence electrons. The molecule has 0 aliphatic carbocycles. The molecule has 3 N–H and O–H groups in total. The van der Waals surface area contributed by atoms with Crippen LogP contribution in [0, 0.1) is 12.3 Å². The number of amides is 1. The maximum atomic E-state index is 12.3. The number of halogens is 1. The third-order valence-electron chi connectivity index (χ3n) is 3.58. The van der Waals surface area contributed by atoms with Gasteiger partial charge in [-0.05, 0) is 36.5 Å². The van der Waals surface area contributed by atoms with E-state index in [1.807, 2.05) is 20.8 Å². The fourth-order valence-corrected chi connectivity index (χ4v) is 2.44. The van der Waals surface area contributed by atoms with Crippen molar-refractivity contribution in [2.75, 3.05) is 6.54 Å². The van der Waals surface area contributed by atoms with Crippen molar-refractivity contribution in [2.45, 2.75) is 39.0 Å².